The van der Waals surface area contributed by atoms with Gasteiger partial charge < -0.3 is 10.5 Å². The van der Waals surface area contributed by atoms with E-state index >= 15 is 0 Å². The molecule has 0 spiro atoms. The van der Waals surface area contributed by atoms with Gasteiger partial charge in [0.05, 0.1) is 14.6 Å². The minimum absolute atomic E-state index is 0.127. The molecule has 2 nitrogen and oxygen atoms in total. The summed E-state index contributed by atoms with van der Waals surface area (Å²) >= 11 is 6.22. The molecule has 2 rings (SSSR count). The number of nitrogens with two attached hydrogens (primary N) is 1. The summed E-state index contributed by atoms with van der Waals surface area (Å²) in [4.78, 5) is 0. The highest BCUT2D eigenvalue weighted by molar-refractivity contribution is 9.10. The van der Waals surface area contributed by atoms with Gasteiger partial charge >= 0.3 is 0 Å². The molecule has 0 amide bonds. The van der Waals surface area contributed by atoms with Gasteiger partial charge in [0.25, 0.3) is 0 Å². The van der Waals surface area contributed by atoms with Crippen molar-refractivity contribution < 1.29 is 13.5 Å². The van der Waals surface area contributed by atoms with Crippen LogP contribution in [0.2, 0.25) is 0 Å². The molecule has 0 atom stereocenters. The van der Waals surface area contributed by atoms with E-state index in [0.717, 1.165) is 6.07 Å². The van der Waals surface area contributed by atoms with Crippen LogP contribution >= 0.6 is 31.9 Å². The molecule has 18 heavy (non-hydrogen) atoms. The molecule has 2 N–H and O–H groups in total. The third-order valence-corrected chi connectivity index (χ3v) is 3.43. The Morgan fingerprint density at radius 2 is 1.67 bits per heavy atom. The zero-order valence-electron chi connectivity index (χ0n) is 8.88. The molecular formula is C12H7Br2F2NO. The first-order valence-corrected chi connectivity index (χ1v) is 6.43. The molecule has 0 heterocycles. The Balaban J connectivity index is 2.40. The van der Waals surface area contributed by atoms with Gasteiger partial charge in [-0.25, -0.2) is 8.78 Å². The molecule has 0 radical (unpaired) electrons. The molecular weight excluding hydrogens is 372 g/mol. The lowest BCUT2D eigenvalue weighted by Gasteiger charge is -2.10. The van der Waals surface area contributed by atoms with Gasteiger partial charge in [-0.05, 0) is 50.1 Å². The molecule has 94 valence electrons. The minimum atomic E-state index is -0.508. The molecule has 0 unspecified atom stereocenters. The van der Waals surface area contributed by atoms with Gasteiger partial charge in [0.2, 0.25) is 0 Å². The Morgan fingerprint density at radius 3 is 2.39 bits per heavy atom. The van der Waals surface area contributed by atoms with E-state index in [4.69, 9.17) is 10.5 Å². The van der Waals surface area contributed by atoms with Crippen LogP contribution in [-0.2, 0) is 0 Å². The highest BCUT2D eigenvalue weighted by Crippen LogP contribution is 2.35. The van der Waals surface area contributed by atoms with Crippen molar-refractivity contribution in [2.45, 2.75) is 0 Å². The smallest absolute Gasteiger partial charge is 0.153 e. The predicted molar refractivity (Wildman–Crippen MR) is 72.7 cm³/mol. The first kappa shape index (κ1) is 13.3. The summed E-state index contributed by atoms with van der Waals surface area (Å²) in [7, 11) is 0. The van der Waals surface area contributed by atoms with Gasteiger partial charge in [-0.15, -0.1) is 0 Å². The van der Waals surface area contributed by atoms with Gasteiger partial charge in [-0.1, -0.05) is 0 Å². The van der Waals surface area contributed by atoms with Crippen LogP contribution in [0, 0.1) is 11.6 Å². The highest BCUT2D eigenvalue weighted by atomic mass is 79.9. The van der Waals surface area contributed by atoms with Crippen molar-refractivity contribution in [3.8, 4) is 11.5 Å². The number of halogens is 4. The molecule has 0 aliphatic heterocycles. The SMILES string of the molecule is Nc1cc(Br)c(F)cc1Oc1cc(F)ccc1Br. The van der Waals surface area contributed by atoms with E-state index in [2.05, 4.69) is 31.9 Å². The summed E-state index contributed by atoms with van der Waals surface area (Å²) in [6.07, 6.45) is 0. The lowest BCUT2D eigenvalue weighted by atomic mass is 10.3. The average Bonchev–Trinajstić information content (AvgIpc) is 2.30. The third-order valence-electron chi connectivity index (χ3n) is 2.17. The minimum Gasteiger partial charge on any atom is -0.454 e. The monoisotopic (exact) mass is 377 g/mol. The number of hydrogen-bond donors (Lipinski definition) is 1. The molecule has 2 aromatic rings. The van der Waals surface area contributed by atoms with Crippen LogP contribution in [0.15, 0.2) is 39.3 Å². The molecule has 0 aliphatic carbocycles. The van der Waals surface area contributed by atoms with Crippen molar-refractivity contribution in [2.75, 3.05) is 5.73 Å². The van der Waals surface area contributed by atoms with Crippen LogP contribution in [0.25, 0.3) is 0 Å². The number of rotatable bonds is 2. The van der Waals surface area contributed by atoms with Crippen LogP contribution < -0.4 is 10.5 Å². The zero-order chi connectivity index (χ0) is 13.3. The van der Waals surface area contributed by atoms with Crippen LogP contribution in [-0.4, -0.2) is 0 Å². The van der Waals surface area contributed by atoms with E-state index in [9.17, 15) is 8.78 Å². The average molecular weight is 379 g/mol. The molecule has 0 saturated carbocycles. The Hall–Kier alpha value is -1.14. The Labute approximate surface area is 119 Å². The van der Waals surface area contributed by atoms with Crippen molar-refractivity contribution in [3.63, 3.8) is 0 Å². The van der Waals surface area contributed by atoms with Crippen LogP contribution in [0.3, 0.4) is 0 Å². The van der Waals surface area contributed by atoms with Crippen LogP contribution in [0.1, 0.15) is 0 Å². The van der Waals surface area contributed by atoms with Crippen LogP contribution in [0.5, 0.6) is 11.5 Å². The summed E-state index contributed by atoms with van der Waals surface area (Å²) in [6.45, 7) is 0. The Bertz CT molecular complexity index is 605. The van der Waals surface area contributed by atoms with Crippen molar-refractivity contribution in [3.05, 3.63) is 50.9 Å². The van der Waals surface area contributed by atoms with E-state index in [0.29, 0.717) is 4.47 Å². The van der Waals surface area contributed by atoms with Gasteiger partial charge in [0.15, 0.2) is 5.75 Å². The summed E-state index contributed by atoms with van der Waals surface area (Å²) in [5.41, 5.74) is 5.94. The second-order valence-corrected chi connectivity index (χ2v) is 5.19. The van der Waals surface area contributed by atoms with Crippen molar-refractivity contribution in [1.29, 1.82) is 0 Å². The molecule has 0 saturated heterocycles. The second kappa shape index (κ2) is 5.24. The van der Waals surface area contributed by atoms with Crippen molar-refractivity contribution in [2.24, 2.45) is 0 Å². The van der Waals surface area contributed by atoms with E-state index in [1.54, 1.807) is 0 Å². The maximum atomic E-state index is 13.4. The predicted octanol–water partition coefficient (Wildman–Crippen LogP) is 4.86. The first-order chi connectivity index (χ1) is 8.47. The lowest BCUT2D eigenvalue weighted by Crippen LogP contribution is -1.95. The highest BCUT2D eigenvalue weighted by Gasteiger charge is 2.10. The Kier molecular flexibility index (Phi) is 3.87. The van der Waals surface area contributed by atoms with E-state index < -0.39 is 11.6 Å². The number of anilines is 1. The van der Waals surface area contributed by atoms with E-state index in [1.165, 1.54) is 24.3 Å². The maximum absolute atomic E-state index is 13.4. The van der Waals surface area contributed by atoms with E-state index in [-0.39, 0.29) is 21.7 Å². The molecule has 0 aromatic heterocycles. The van der Waals surface area contributed by atoms with Crippen molar-refractivity contribution in [1.82, 2.24) is 0 Å². The third kappa shape index (κ3) is 2.81. The van der Waals surface area contributed by atoms with Gasteiger partial charge in [0, 0.05) is 12.1 Å². The molecule has 6 heteroatoms. The molecule has 0 bridgehead atoms. The normalized spacial score (nSPS) is 10.4. The molecule has 2 aromatic carbocycles. The molecule has 0 aliphatic rings. The van der Waals surface area contributed by atoms with Gasteiger partial charge in [-0.2, -0.15) is 0 Å². The first-order valence-electron chi connectivity index (χ1n) is 4.85. The fourth-order valence-electron chi connectivity index (χ4n) is 1.31. The number of hydrogen-bond acceptors (Lipinski definition) is 2. The number of ether oxygens (including phenoxy) is 1. The molecule has 0 fully saturated rings. The quantitative estimate of drug-likeness (QED) is 0.757. The summed E-state index contributed by atoms with van der Waals surface area (Å²) in [5.74, 6) is -0.610. The summed E-state index contributed by atoms with van der Waals surface area (Å²) in [5, 5.41) is 0. The van der Waals surface area contributed by atoms with Gasteiger partial charge in [0.1, 0.15) is 17.4 Å². The van der Waals surface area contributed by atoms with E-state index in [1.807, 2.05) is 0 Å². The summed E-state index contributed by atoms with van der Waals surface area (Å²) < 4.78 is 32.6. The lowest BCUT2D eigenvalue weighted by molar-refractivity contribution is 0.470. The Morgan fingerprint density at radius 1 is 0.944 bits per heavy atom. The maximum Gasteiger partial charge on any atom is 0.153 e. The second-order valence-electron chi connectivity index (χ2n) is 3.48. The van der Waals surface area contributed by atoms with Crippen LogP contribution in [0.4, 0.5) is 14.5 Å². The van der Waals surface area contributed by atoms with Crippen molar-refractivity contribution >= 4 is 37.5 Å². The number of benzene rings is 2. The summed E-state index contributed by atoms with van der Waals surface area (Å²) in [6, 6.07) is 6.48. The fraction of sp³-hybridized carbons (Fsp3) is 0. The standard InChI is InChI=1S/C12H7Br2F2NO/c13-7-2-1-6(15)3-11(7)18-12-5-9(16)8(14)4-10(12)17/h1-5H,17H2. The zero-order valence-corrected chi connectivity index (χ0v) is 12.1. The topological polar surface area (TPSA) is 35.2 Å². The van der Waals surface area contributed by atoms with Gasteiger partial charge in [-0.3, -0.25) is 0 Å². The number of nitrogen functional groups attached to an aromatic ring is 1. The largest absolute Gasteiger partial charge is 0.454 e. The fourth-order valence-corrected chi connectivity index (χ4v) is 1.99.